The molecule has 198 valence electrons. The Hall–Kier alpha value is -4.47. The minimum atomic E-state index is -1.06. The van der Waals surface area contributed by atoms with Gasteiger partial charge in [-0.1, -0.05) is 24.3 Å². The number of hydrogen-bond acceptors (Lipinski definition) is 8. The van der Waals surface area contributed by atoms with Gasteiger partial charge in [-0.2, -0.15) is 0 Å². The van der Waals surface area contributed by atoms with Gasteiger partial charge in [0.1, 0.15) is 17.3 Å². The summed E-state index contributed by atoms with van der Waals surface area (Å²) in [6, 6.07) is 12.5. The fourth-order valence-electron chi connectivity index (χ4n) is 4.31. The number of aliphatic carboxylic acids is 1. The van der Waals surface area contributed by atoms with Crippen LogP contribution >= 0.6 is 0 Å². The van der Waals surface area contributed by atoms with Crippen LogP contribution in [0.1, 0.15) is 31.7 Å². The topological polar surface area (TPSA) is 143 Å². The van der Waals surface area contributed by atoms with E-state index in [9.17, 15) is 14.4 Å². The Morgan fingerprint density at radius 3 is 2.61 bits per heavy atom. The van der Waals surface area contributed by atoms with Crippen LogP contribution in [0.15, 0.2) is 51.9 Å². The molecule has 0 saturated heterocycles. The number of carboxylic acid groups (broad SMARTS) is 1. The third kappa shape index (κ3) is 5.91. The molecule has 1 atom stereocenters. The Kier molecular flexibility index (Phi) is 8.20. The number of nitrogens with one attached hydrogen (secondary N) is 2. The summed E-state index contributed by atoms with van der Waals surface area (Å²) < 4.78 is 10.9. The van der Waals surface area contributed by atoms with Crippen molar-refractivity contribution in [3.63, 3.8) is 0 Å². The molecule has 1 heterocycles. The Morgan fingerprint density at radius 2 is 1.89 bits per heavy atom. The molecule has 0 unspecified atom stereocenters. The third-order valence-electron chi connectivity index (χ3n) is 6.17. The maximum absolute atomic E-state index is 12.5. The van der Waals surface area contributed by atoms with Gasteiger partial charge < -0.3 is 24.9 Å². The molecule has 1 aliphatic heterocycles. The average molecular weight is 519 g/mol. The molecule has 10 heteroatoms. The van der Waals surface area contributed by atoms with Crippen molar-refractivity contribution < 1.29 is 28.6 Å². The quantitative estimate of drug-likeness (QED) is 0.164. The molecule has 2 aromatic carbocycles. The summed E-state index contributed by atoms with van der Waals surface area (Å²) in [4.78, 5) is 44.8. The van der Waals surface area contributed by atoms with Gasteiger partial charge in [-0.25, -0.2) is 9.78 Å². The highest BCUT2D eigenvalue weighted by Gasteiger charge is 2.22. The van der Waals surface area contributed by atoms with E-state index in [-0.39, 0.29) is 25.8 Å². The number of esters is 1. The van der Waals surface area contributed by atoms with Crippen molar-refractivity contribution >= 4 is 45.4 Å². The number of nitrogens with zero attached hydrogens (tertiary/aromatic N) is 2. The summed E-state index contributed by atoms with van der Waals surface area (Å²) in [7, 11) is 1.19. The SMILES string of the molecule is CCNc1cc2oc3cc(=NCCC(=O)N[C@@H](CCC(=O)O)C(=O)OC)c4ccccc4c-3nc2cc1C. The minimum Gasteiger partial charge on any atom is -0.481 e. The largest absolute Gasteiger partial charge is 0.481 e. The summed E-state index contributed by atoms with van der Waals surface area (Å²) in [6.45, 7) is 5.00. The highest BCUT2D eigenvalue weighted by Crippen LogP contribution is 2.32. The van der Waals surface area contributed by atoms with E-state index in [2.05, 4.69) is 20.4 Å². The van der Waals surface area contributed by atoms with E-state index in [0.29, 0.717) is 16.7 Å². The van der Waals surface area contributed by atoms with E-state index < -0.39 is 23.9 Å². The van der Waals surface area contributed by atoms with E-state index in [0.717, 1.165) is 39.8 Å². The maximum atomic E-state index is 12.5. The number of hydrogen-bond donors (Lipinski definition) is 3. The Morgan fingerprint density at radius 1 is 1.13 bits per heavy atom. The van der Waals surface area contributed by atoms with Gasteiger partial charge in [-0.15, -0.1) is 0 Å². The van der Waals surface area contributed by atoms with Crippen LogP contribution in [-0.4, -0.2) is 54.2 Å². The molecule has 3 N–H and O–H groups in total. The molecule has 0 aromatic heterocycles. The number of carbonyl (C=O) groups is 3. The van der Waals surface area contributed by atoms with Crippen molar-refractivity contribution in [1.82, 2.24) is 10.3 Å². The normalized spacial score (nSPS) is 12.6. The molecule has 0 bridgehead atoms. The number of carbonyl (C=O) groups excluding carboxylic acids is 2. The predicted molar refractivity (Wildman–Crippen MR) is 143 cm³/mol. The van der Waals surface area contributed by atoms with Crippen LogP contribution in [0, 0.1) is 6.92 Å². The zero-order valence-corrected chi connectivity index (χ0v) is 21.5. The number of rotatable bonds is 10. The highest BCUT2D eigenvalue weighted by molar-refractivity contribution is 5.96. The second kappa shape index (κ2) is 11.7. The van der Waals surface area contributed by atoms with E-state index in [4.69, 9.17) is 14.5 Å². The second-order valence-corrected chi connectivity index (χ2v) is 8.87. The summed E-state index contributed by atoms with van der Waals surface area (Å²) in [5.74, 6) is -1.61. The van der Waals surface area contributed by atoms with E-state index in [1.165, 1.54) is 7.11 Å². The van der Waals surface area contributed by atoms with Crippen LogP contribution < -0.4 is 16.0 Å². The lowest BCUT2D eigenvalue weighted by molar-refractivity contribution is -0.146. The monoisotopic (exact) mass is 518 g/mol. The summed E-state index contributed by atoms with van der Waals surface area (Å²) >= 11 is 0. The zero-order chi connectivity index (χ0) is 27.2. The first-order valence-electron chi connectivity index (χ1n) is 12.4. The third-order valence-corrected chi connectivity index (χ3v) is 6.17. The molecule has 10 nitrogen and oxygen atoms in total. The van der Waals surface area contributed by atoms with Crippen molar-refractivity contribution in [2.24, 2.45) is 4.99 Å². The lowest BCUT2D eigenvalue weighted by atomic mass is 10.0. The van der Waals surface area contributed by atoms with Crippen LogP contribution in [0.5, 0.6) is 0 Å². The number of amides is 1. The Balaban J connectivity index is 1.64. The molecular formula is C28H30N4O6. The van der Waals surface area contributed by atoms with Gasteiger partial charge in [0.25, 0.3) is 0 Å². The van der Waals surface area contributed by atoms with Crippen LogP contribution in [0.2, 0.25) is 0 Å². The molecule has 1 aliphatic carbocycles. The van der Waals surface area contributed by atoms with Crippen molar-refractivity contribution in [1.29, 1.82) is 0 Å². The first-order chi connectivity index (χ1) is 18.3. The first kappa shape index (κ1) is 26.6. The van der Waals surface area contributed by atoms with Gasteiger partial charge in [0, 0.05) is 54.5 Å². The molecule has 4 rings (SSSR count). The summed E-state index contributed by atoms with van der Waals surface area (Å²) in [5.41, 5.74) is 4.18. The number of ether oxygens (including phenoxy) is 1. The number of anilines is 1. The summed E-state index contributed by atoms with van der Waals surface area (Å²) in [6.07, 6.45) is -0.321. The maximum Gasteiger partial charge on any atom is 0.328 e. The summed E-state index contributed by atoms with van der Waals surface area (Å²) in [5, 5.41) is 17.2. The number of aromatic nitrogens is 1. The molecule has 1 amide bonds. The van der Waals surface area contributed by atoms with E-state index in [1.54, 1.807) is 0 Å². The number of methoxy groups -OCH3 is 1. The van der Waals surface area contributed by atoms with Crippen molar-refractivity contribution in [2.75, 3.05) is 25.5 Å². The van der Waals surface area contributed by atoms with Crippen molar-refractivity contribution in [3.05, 3.63) is 53.4 Å². The lowest BCUT2D eigenvalue weighted by Gasteiger charge is -2.15. The molecule has 0 saturated carbocycles. The number of benzene rings is 3. The minimum absolute atomic E-state index is 0.00532. The Bertz CT molecular complexity index is 1540. The molecule has 2 aromatic rings. The zero-order valence-electron chi connectivity index (χ0n) is 21.5. The van der Waals surface area contributed by atoms with Gasteiger partial charge in [0.2, 0.25) is 5.91 Å². The molecule has 0 radical (unpaired) electrons. The van der Waals surface area contributed by atoms with Gasteiger partial charge in [0.05, 0.1) is 12.5 Å². The van der Waals surface area contributed by atoms with Crippen LogP contribution in [0.25, 0.3) is 33.3 Å². The predicted octanol–water partition coefficient (Wildman–Crippen LogP) is 3.64. The molecule has 0 fully saturated rings. The van der Waals surface area contributed by atoms with Gasteiger partial charge in [-0.05, 0) is 31.9 Å². The van der Waals surface area contributed by atoms with Crippen molar-refractivity contribution in [3.8, 4) is 11.5 Å². The Labute approximate surface area is 219 Å². The smallest absolute Gasteiger partial charge is 0.328 e. The highest BCUT2D eigenvalue weighted by atomic mass is 16.5. The second-order valence-electron chi connectivity index (χ2n) is 8.87. The lowest BCUT2D eigenvalue weighted by Crippen LogP contribution is -2.42. The fourth-order valence-corrected chi connectivity index (χ4v) is 4.31. The average Bonchev–Trinajstić information content (AvgIpc) is 2.90. The number of aryl methyl sites for hydroxylation is 1. The molecule has 38 heavy (non-hydrogen) atoms. The van der Waals surface area contributed by atoms with Gasteiger partial charge >= 0.3 is 11.9 Å². The first-order valence-corrected chi connectivity index (χ1v) is 12.4. The van der Waals surface area contributed by atoms with Gasteiger partial charge in [-0.3, -0.25) is 14.6 Å². The molecule has 2 aliphatic rings. The number of carboxylic acids is 1. The molecule has 0 spiro atoms. The van der Waals surface area contributed by atoms with Crippen LogP contribution in [-0.2, 0) is 19.1 Å². The number of fused-ring (bicyclic) bond motifs is 4. The van der Waals surface area contributed by atoms with Crippen molar-refractivity contribution in [2.45, 2.75) is 39.2 Å². The van der Waals surface area contributed by atoms with E-state index in [1.807, 2.05) is 56.3 Å². The van der Waals surface area contributed by atoms with Crippen LogP contribution in [0.3, 0.4) is 0 Å². The fraction of sp³-hybridized carbons (Fsp3) is 0.321. The van der Waals surface area contributed by atoms with Crippen LogP contribution in [0.4, 0.5) is 5.69 Å². The van der Waals surface area contributed by atoms with Gasteiger partial charge in [0.15, 0.2) is 11.3 Å². The molecular weight excluding hydrogens is 488 g/mol. The standard InChI is InChI=1S/C28H30N4O6/c1-4-29-20-14-23-22(13-16(20)2)32-27-18-8-6-5-7-17(18)21(15-24(27)38-23)30-12-11-25(33)31-19(28(36)37-3)9-10-26(34)35/h5-8,13-15,19,29H,4,9-12H2,1-3H3,(H,31,33)(H,34,35)/t19-/m0/s1. The van der Waals surface area contributed by atoms with E-state index >= 15 is 0 Å².